The average molecular weight is 285 g/mol. The maximum Gasteiger partial charge on any atom is 0.251 e. The van der Waals surface area contributed by atoms with Crippen LogP contribution >= 0.6 is 11.6 Å². The van der Waals surface area contributed by atoms with Crippen molar-refractivity contribution in [3.63, 3.8) is 0 Å². The first-order valence-electron chi connectivity index (χ1n) is 5.54. The molecule has 1 aromatic rings. The Morgan fingerprint density at radius 2 is 2.11 bits per heavy atom. The lowest BCUT2D eigenvalue weighted by atomic mass is 9.98. The first-order chi connectivity index (χ1) is 8.87. The van der Waals surface area contributed by atoms with Crippen LogP contribution in [0.5, 0.6) is 5.75 Å². The molecule has 1 fully saturated rings. The fourth-order valence-electron chi connectivity index (χ4n) is 1.83. The fraction of sp³-hybridized carbons (Fsp3) is 0.455. The summed E-state index contributed by atoms with van der Waals surface area (Å²) in [6.45, 7) is 3.36. The van der Waals surface area contributed by atoms with E-state index in [1.807, 2.05) is 0 Å². The van der Waals surface area contributed by atoms with E-state index in [9.17, 15) is 9.59 Å². The molecule has 0 atom stereocenters. The lowest BCUT2D eigenvalue weighted by Crippen LogP contribution is -2.64. The summed E-state index contributed by atoms with van der Waals surface area (Å²) < 4.78 is 5.15. The Labute approximate surface area is 114 Å². The summed E-state index contributed by atoms with van der Waals surface area (Å²) in [5, 5.41) is 2.41. The van der Waals surface area contributed by atoms with Crippen LogP contribution in [-0.4, -0.2) is 41.0 Å². The first-order valence-corrected chi connectivity index (χ1v) is 5.92. The van der Waals surface area contributed by atoms with Crippen LogP contribution in [0.2, 0.25) is 5.15 Å². The molecule has 102 valence electrons. The SMILES string of the molecule is COc1c(Cl)ncnc1N1CC(=O)NC(=O)C1(C)C. The Balaban J connectivity index is 2.53. The molecule has 0 saturated carbocycles. The number of carbonyl (C=O) groups is 2. The van der Waals surface area contributed by atoms with Gasteiger partial charge in [-0.3, -0.25) is 14.9 Å². The van der Waals surface area contributed by atoms with Crippen molar-refractivity contribution in [1.29, 1.82) is 0 Å². The number of nitrogens with zero attached hydrogens (tertiary/aromatic N) is 3. The minimum atomic E-state index is -0.946. The Morgan fingerprint density at radius 1 is 1.42 bits per heavy atom. The highest BCUT2D eigenvalue weighted by atomic mass is 35.5. The maximum absolute atomic E-state index is 11.9. The molecule has 0 radical (unpaired) electrons. The lowest BCUT2D eigenvalue weighted by molar-refractivity contribution is -0.135. The highest BCUT2D eigenvalue weighted by Crippen LogP contribution is 2.35. The smallest absolute Gasteiger partial charge is 0.251 e. The quantitative estimate of drug-likeness (QED) is 0.624. The number of hydrogen-bond donors (Lipinski definition) is 1. The van der Waals surface area contributed by atoms with Crippen LogP contribution in [0.15, 0.2) is 6.33 Å². The maximum atomic E-state index is 11.9. The topological polar surface area (TPSA) is 84.4 Å². The highest BCUT2D eigenvalue weighted by molar-refractivity contribution is 6.31. The number of methoxy groups -OCH3 is 1. The lowest BCUT2D eigenvalue weighted by Gasteiger charge is -2.41. The molecule has 0 unspecified atom stereocenters. The number of piperazine rings is 1. The molecule has 7 nitrogen and oxygen atoms in total. The second kappa shape index (κ2) is 4.65. The van der Waals surface area contributed by atoms with Crippen LogP contribution in [0.1, 0.15) is 13.8 Å². The molecule has 2 heterocycles. The van der Waals surface area contributed by atoms with Gasteiger partial charge in [0.25, 0.3) is 5.91 Å². The van der Waals surface area contributed by atoms with E-state index >= 15 is 0 Å². The molecule has 1 aliphatic heterocycles. The zero-order valence-electron chi connectivity index (χ0n) is 10.7. The van der Waals surface area contributed by atoms with Crippen molar-refractivity contribution in [3.8, 4) is 5.75 Å². The molecule has 0 spiro atoms. The number of imide groups is 1. The van der Waals surface area contributed by atoms with Crippen molar-refractivity contribution in [1.82, 2.24) is 15.3 Å². The predicted molar refractivity (Wildman–Crippen MR) is 68.2 cm³/mol. The van der Waals surface area contributed by atoms with Gasteiger partial charge in [-0.25, -0.2) is 9.97 Å². The molecule has 19 heavy (non-hydrogen) atoms. The van der Waals surface area contributed by atoms with Crippen LogP contribution in [0.25, 0.3) is 0 Å². The molecule has 8 heteroatoms. The number of carbonyl (C=O) groups excluding carboxylic acids is 2. The van der Waals surface area contributed by atoms with E-state index in [0.29, 0.717) is 5.82 Å². The average Bonchev–Trinajstić information content (AvgIpc) is 2.34. The predicted octanol–water partition coefficient (Wildman–Crippen LogP) is 0.380. The first kappa shape index (κ1) is 13.5. The van der Waals surface area contributed by atoms with E-state index in [-0.39, 0.29) is 17.4 Å². The number of rotatable bonds is 2. The number of nitrogens with one attached hydrogen (secondary N) is 1. The normalized spacial score (nSPS) is 18.2. The third kappa shape index (κ3) is 2.21. The van der Waals surface area contributed by atoms with E-state index in [2.05, 4.69) is 15.3 Å². The van der Waals surface area contributed by atoms with Gasteiger partial charge in [0, 0.05) is 0 Å². The van der Waals surface area contributed by atoms with Crippen LogP contribution in [-0.2, 0) is 9.59 Å². The molecule has 0 aromatic carbocycles. The number of aromatic nitrogens is 2. The molecule has 0 bridgehead atoms. The molecule has 2 rings (SSSR count). The largest absolute Gasteiger partial charge is 0.490 e. The third-order valence-corrected chi connectivity index (χ3v) is 3.26. The molecule has 1 N–H and O–H groups in total. The van der Waals surface area contributed by atoms with E-state index < -0.39 is 17.4 Å². The van der Waals surface area contributed by atoms with Gasteiger partial charge in [0.05, 0.1) is 13.7 Å². The van der Waals surface area contributed by atoms with Crippen molar-refractivity contribution >= 4 is 29.2 Å². The second-order valence-corrected chi connectivity index (χ2v) is 4.90. The zero-order valence-corrected chi connectivity index (χ0v) is 11.5. The number of amides is 2. The molecule has 1 aromatic heterocycles. The van der Waals surface area contributed by atoms with Crippen LogP contribution < -0.4 is 15.0 Å². The van der Waals surface area contributed by atoms with E-state index in [0.717, 1.165) is 0 Å². The third-order valence-electron chi connectivity index (χ3n) is 2.99. The molecular formula is C11H13ClN4O3. The van der Waals surface area contributed by atoms with Gasteiger partial charge in [-0.15, -0.1) is 0 Å². The summed E-state index contributed by atoms with van der Waals surface area (Å²) in [4.78, 5) is 32.9. The number of ether oxygens (including phenoxy) is 1. The van der Waals surface area contributed by atoms with Gasteiger partial charge in [-0.1, -0.05) is 11.6 Å². The summed E-state index contributed by atoms with van der Waals surface area (Å²) >= 11 is 5.93. The van der Waals surface area contributed by atoms with Crippen molar-refractivity contribution in [2.45, 2.75) is 19.4 Å². The van der Waals surface area contributed by atoms with Crippen LogP contribution in [0, 0.1) is 0 Å². The molecule has 1 aliphatic rings. The van der Waals surface area contributed by atoms with E-state index in [4.69, 9.17) is 16.3 Å². The van der Waals surface area contributed by atoms with Crippen molar-refractivity contribution < 1.29 is 14.3 Å². The Morgan fingerprint density at radius 3 is 2.74 bits per heavy atom. The number of hydrogen-bond acceptors (Lipinski definition) is 6. The van der Waals surface area contributed by atoms with Crippen molar-refractivity contribution in [2.75, 3.05) is 18.6 Å². The van der Waals surface area contributed by atoms with Crippen LogP contribution in [0.3, 0.4) is 0 Å². The standard InChI is InChI=1S/C11H13ClN4O3/c1-11(2)10(18)15-6(17)4-16(11)9-7(19-3)8(12)13-5-14-9/h5H,4H2,1-3H3,(H,15,17,18). The van der Waals surface area contributed by atoms with Gasteiger partial charge in [0.2, 0.25) is 5.91 Å². The monoisotopic (exact) mass is 284 g/mol. The number of anilines is 1. The minimum Gasteiger partial charge on any atom is -0.490 e. The molecular weight excluding hydrogens is 272 g/mol. The van der Waals surface area contributed by atoms with Gasteiger partial charge < -0.3 is 9.64 Å². The minimum absolute atomic E-state index is 0.0115. The summed E-state index contributed by atoms with van der Waals surface area (Å²) in [5.41, 5.74) is -0.946. The molecule has 0 aliphatic carbocycles. The Bertz CT molecular complexity index is 547. The van der Waals surface area contributed by atoms with Crippen molar-refractivity contribution in [3.05, 3.63) is 11.5 Å². The summed E-state index contributed by atoms with van der Waals surface area (Å²) in [7, 11) is 1.42. The fourth-order valence-corrected chi connectivity index (χ4v) is 2.04. The highest BCUT2D eigenvalue weighted by Gasteiger charge is 2.43. The van der Waals surface area contributed by atoms with E-state index in [1.54, 1.807) is 18.7 Å². The Hall–Kier alpha value is -1.89. The second-order valence-electron chi connectivity index (χ2n) is 4.54. The summed E-state index contributed by atoms with van der Waals surface area (Å²) in [6.07, 6.45) is 1.26. The van der Waals surface area contributed by atoms with E-state index in [1.165, 1.54) is 13.4 Å². The van der Waals surface area contributed by atoms with Crippen LogP contribution in [0.4, 0.5) is 5.82 Å². The van der Waals surface area contributed by atoms with Crippen molar-refractivity contribution in [2.24, 2.45) is 0 Å². The molecule has 1 saturated heterocycles. The summed E-state index contributed by atoms with van der Waals surface area (Å²) in [6, 6.07) is 0. The Kier molecular flexibility index (Phi) is 3.32. The van der Waals surface area contributed by atoms with Gasteiger partial charge in [0.15, 0.2) is 16.7 Å². The summed E-state index contributed by atoms with van der Waals surface area (Å²) in [5.74, 6) is -0.253. The number of halogens is 1. The molecule has 2 amide bonds. The van der Waals surface area contributed by atoms with Gasteiger partial charge in [-0.2, -0.15) is 0 Å². The zero-order chi connectivity index (χ0) is 14.2. The van der Waals surface area contributed by atoms with Gasteiger partial charge >= 0.3 is 0 Å². The van der Waals surface area contributed by atoms with Gasteiger partial charge in [-0.05, 0) is 13.8 Å². The van der Waals surface area contributed by atoms with Gasteiger partial charge in [0.1, 0.15) is 11.9 Å².